The lowest BCUT2D eigenvalue weighted by molar-refractivity contribution is -0.155. The molecule has 6 atom stereocenters. The first kappa shape index (κ1) is 23.1. The number of fused-ring (bicyclic) bond motifs is 2. The van der Waals surface area contributed by atoms with Crippen molar-refractivity contribution in [2.24, 2.45) is 11.8 Å². The van der Waals surface area contributed by atoms with Crippen LogP contribution in [0.15, 0.2) is 48.6 Å². The zero-order valence-corrected chi connectivity index (χ0v) is 19.6. The average Bonchev–Trinajstić information content (AvgIpc) is 3.24. The van der Waals surface area contributed by atoms with Crippen molar-refractivity contribution in [1.82, 2.24) is 4.90 Å². The third-order valence-electron chi connectivity index (χ3n) is 7.17. The molecule has 5 rings (SSSR count). The van der Waals surface area contributed by atoms with Gasteiger partial charge in [0.25, 0.3) is 5.91 Å². The number of likely N-dealkylation sites (tertiary alicyclic amines) is 1. The fourth-order valence-corrected chi connectivity index (χ4v) is 5.88. The topological polar surface area (TPSA) is 96.4 Å². The molecular weight excluding hydrogens is 460 g/mol. The van der Waals surface area contributed by atoms with Crippen molar-refractivity contribution < 1.29 is 29.0 Å². The maximum Gasteiger partial charge on any atom is 0.312 e. The Balaban J connectivity index is 1.65. The third-order valence-corrected chi connectivity index (χ3v) is 7.49. The van der Waals surface area contributed by atoms with E-state index in [1.165, 1.54) is 9.80 Å². The third kappa shape index (κ3) is 3.39. The first-order chi connectivity index (χ1) is 16.4. The smallest absolute Gasteiger partial charge is 0.312 e. The Kier molecular flexibility index (Phi) is 6.00. The van der Waals surface area contributed by atoms with E-state index in [0.717, 1.165) is 6.42 Å². The highest BCUT2D eigenvalue weighted by Crippen LogP contribution is 2.53. The molecule has 4 aliphatic heterocycles. The summed E-state index contributed by atoms with van der Waals surface area (Å²) >= 11 is 6.41. The molecule has 0 aromatic heterocycles. The molecule has 2 amide bonds. The number of aliphatic hydroxyl groups excluding tert-OH is 1. The SMILES string of the molecule is C[C@H](CO)N1C(=O)[C@@H]2[C@@H]3C(=O)OCCC/C=C\[C@@H]3O[C@@]23C=CCN(c2ccccc2Cl)C(=O)C13. The Bertz CT molecular complexity index is 1070. The first-order valence-electron chi connectivity index (χ1n) is 11.6. The van der Waals surface area contributed by atoms with Crippen LogP contribution in [0.1, 0.15) is 19.8 Å². The summed E-state index contributed by atoms with van der Waals surface area (Å²) in [6, 6.07) is 5.27. The van der Waals surface area contributed by atoms with Crippen LogP contribution in [0.25, 0.3) is 0 Å². The van der Waals surface area contributed by atoms with Crippen LogP contribution in [0.2, 0.25) is 5.02 Å². The van der Waals surface area contributed by atoms with E-state index in [4.69, 9.17) is 21.1 Å². The Hall–Kier alpha value is -2.68. The van der Waals surface area contributed by atoms with E-state index in [9.17, 15) is 19.5 Å². The van der Waals surface area contributed by atoms with Crippen LogP contribution in [0.5, 0.6) is 0 Å². The second-order valence-electron chi connectivity index (χ2n) is 9.16. The average molecular weight is 487 g/mol. The quantitative estimate of drug-likeness (QED) is 0.519. The van der Waals surface area contributed by atoms with Crippen LogP contribution < -0.4 is 4.90 Å². The van der Waals surface area contributed by atoms with Crippen LogP contribution in [0.3, 0.4) is 0 Å². The Labute approximate surface area is 202 Å². The molecule has 1 aromatic carbocycles. The summed E-state index contributed by atoms with van der Waals surface area (Å²) in [6.45, 7) is 1.82. The number of halogens is 1. The van der Waals surface area contributed by atoms with Crippen molar-refractivity contribution >= 4 is 35.1 Å². The highest BCUT2D eigenvalue weighted by atomic mass is 35.5. The predicted molar refractivity (Wildman–Crippen MR) is 124 cm³/mol. The molecule has 4 aliphatic rings. The van der Waals surface area contributed by atoms with Gasteiger partial charge in [-0.3, -0.25) is 14.4 Å². The van der Waals surface area contributed by atoms with Crippen LogP contribution in [-0.2, 0) is 23.9 Å². The number of carbonyl (C=O) groups is 3. The zero-order chi connectivity index (χ0) is 24.0. The van der Waals surface area contributed by atoms with Crippen molar-refractivity contribution in [3.05, 3.63) is 53.6 Å². The number of ether oxygens (including phenoxy) is 2. The number of benzene rings is 1. The van der Waals surface area contributed by atoms with Crippen LogP contribution in [-0.4, -0.2) is 71.3 Å². The molecule has 1 aromatic rings. The number of carbonyl (C=O) groups excluding carboxylic acids is 3. The number of hydrogen-bond acceptors (Lipinski definition) is 6. The molecule has 0 saturated carbocycles. The molecule has 8 nitrogen and oxygen atoms in total. The van der Waals surface area contributed by atoms with Crippen LogP contribution in [0, 0.1) is 11.8 Å². The molecule has 0 radical (unpaired) electrons. The molecule has 1 spiro atoms. The lowest BCUT2D eigenvalue weighted by Crippen LogP contribution is -2.57. The van der Waals surface area contributed by atoms with Gasteiger partial charge in [0, 0.05) is 6.54 Å². The second-order valence-corrected chi connectivity index (χ2v) is 9.57. The maximum atomic E-state index is 14.1. The van der Waals surface area contributed by atoms with Gasteiger partial charge >= 0.3 is 5.97 Å². The van der Waals surface area contributed by atoms with E-state index in [1.54, 1.807) is 43.3 Å². The number of rotatable bonds is 3. The van der Waals surface area contributed by atoms with Gasteiger partial charge in [0.2, 0.25) is 5.91 Å². The number of anilines is 1. The van der Waals surface area contributed by atoms with Gasteiger partial charge in [0.05, 0.1) is 42.0 Å². The minimum atomic E-state index is -1.37. The highest BCUT2D eigenvalue weighted by Gasteiger charge is 2.72. The van der Waals surface area contributed by atoms with Gasteiger partial charge in [-0.2, -0.15) is 0 Å². The van der Waals surface area contributed by atoms with Crippen LogP contribution in [0.4, 0.5) is 5.69 Å². The first-order valence-corrected chi connectivity index (χ1v) is 12.0. The largest absolute Gasteiger partial charge is 0.465 e. The van der Waals surface area contributed by atoms with Crippen molar-refractivity contribution in [2.45, 2.75) is 43.6 Å². The number of hydrogen-bond donors (Lipinski definition) is 1. The number of aliphatic hydroxyl groups is 1. The molecule has 180 valence electrons. The summed E-state index contributed by atoms with van der Waals surface area (Å²) in [4.78, 5) is 44.0. The van der Waals surface area contributed by atoms with Gasteiger partial charge in [0.15, 0.2) is 0 Å². The van der Waals surface area contributed by atoms with Gasteiger partial charge in [0.1, 0.15) is 17.6 Å². The molecular formula is C25H27ClN2O6. The van der Waals surface area contributed by atoms with Gasteiger partial charge in [-0.1, -0.05) is 48.0 Å². The summed E-state index contributed by atoms with van der Waals surface area (Å²) in [7, 11) is 0. The minimum Gasteiger partial charge on any atom is -0.465 e. The van der Waals surface area contributed by atoms with Gasteiger partial charge in [-0.15, -0.1) is 0 Å². The standard InChI is InChI=1S/C25H27ClN2O6/c1-15(14-29)28-21-23(31)27(17-9-5-4-8-16(17)26)12-7-11-25(21)20(22(28)30)19-18(34-25)10-3-2-6-13-33-24(19)32/h3-5,7-11,15,18-21,29H,2,6,12-14H2,1H3/b10-3-/t15-,18+,19-,20+,21?,25+/m1/s1. The van der Waals surface area contributed by atoms with Crippen molar-refractivity contribution in [2.75, 3.05) is 24.7 Å². The molecule has 0 aliphatic carbocycles. The lowest BCUT2D eigenvalue weighted by Gasteiger charge is -2.37. The van der Waals surface area contributed by atoms with Gasteiger partial charge in [-0.25, -0.2) is 0 Å². The van der Waals surface area contributed by atoms with E-state index in [1.807, 2.05) is 12.2 Å². The number of allylic oxidation sites excluding steroid dienone is 1. The van der Waals surface area contributed by atoms with E-state index < -0.39 is 47.5 Å². The van der Waals surface area contributed by atoms with Crippen molar-refractivity contribution in [1.29, 1.82) is 0 Å². The normalized spacial score (nSPS) is 34.9. The lowest BCUT2D eigenvalue weighted by atomic mass is 9.78. The monoisotopic (exact) mass is 486 g/mol. The fraction of sp³-hybridized carbons (Fsp3) is 0.480. The molecule has 9 heteroatoms. The highest BCUT2D eigenvalue weighted by molar-refractivity contribution is 6.34. The maximum absolute atomic E-state index is 14.1. The fourth-order valence-electron chi connectivity index (χ4n) is 5.64. The minimum absolute atomic E-state index is 0.224. The predicted octanol–water partition coefficient (Wildman–Crippen LogP) is 2.10. The van der Waals surface area contributed by atoms with E-state index in [0.29, 0.717) is 17.1 Å². The van der Waals surface area contributed by atoms with Crippen molar-refractivity contribution in [3.63, 3.8) is 0 Å². The zero-order valence-electron chi connectivity index (χ0n) is 18.8. The summed E-state index contributed by atoms with van der Waals surface area (Å²) in [5.41, 5.74) is -0.853. The number of para-hydroxylation sites is 1. The molecule has 1 N–H and O–H groups in total. The Morgan fingerprint density at radius 3 is 2.76 bits per heavy atom. The molecule has 2 saturated heterocycles. The molecule has 34 heavy (non-hydrogen) atoms. The molecule has 2 fully saturated rings. The van der Waals surface area contributed by atoms with E-state index >= 15 is 0 Å². The number of cyclic esters (lactones) is 1. The molecule has 0 bridgehead atoms. The number of nitrogens with zero attached hydrogens (tertiary/aromatic N) is 2. The van der Waals surface area contributed by atoms with E-state index in [-0.39, 0.29) is 25.7 Å². The Morgan fingerprint density at radius 1 is 1.21 bits per heavy atom. The summed E-state index contributed by atoms with van der Waals surface area (Å²) in [5, 5.41) is 10.4. The Morgan fingerprint density at radius 2 is 2.00 bits per heavy atom. The summed E-state index contributed by atoms with van der Waals surface area (Å²) < 4.78 is 12.0. The number of amides is 2. The van der Waals surface area contributed by atoms with Gasteiger partial charge in [-0.05, 0) is 31.9 Å². The molecule has 1 unspecified atom stereocenters. The van der Waals surface area contributed by atoms with Gasteiger partial charge < -0.3 is 24.4 Å². The second kappa shape index (κ2) is 8.83. The van der Waals surface area contributed by atoms with Crippen LogP contribution >= 0.6 is 11.6 Å². The van der Waals surface area contributed by atoms with Crippen molar-refractivity contribution in [3.8, 4) is 0 Å². The number of esters is 1. The molecule has 4 heterocycles. The summed E-state index contributed by atoms with van der Waals surface area (Å²) in [6.07, 6.45) is 7.99. The summed E-state index contributed by atoms with van der Waals surface area (Å²) in [5.74, 6) is -3.11. The van der Waals surface area contributed by atoms with E-state index in [2.05, 4.69) is 0 Å².